The van der Waals surface area contributed by atoms with E-state index in [-0.39, 0.29) is 11.5 Å². The number of hydrogen-bond donors (Lipinski definition) is 1. The van der Waals surface area contributed by atoms with E-state index in [1.807, 2.05) is 12.3 Å². The van der Waals surface area contributed by atoms with Gasteiger partial charge in [0.1, 0.15) is 0 Å². The Morgan fingerprint density at radius 3 is 2.67 bits per heavy atom. The molecule has 1 unspecified atom stereocenters. The van der Waals surface area contributed by atoms with Crippen LogP contribution in [0.1, 0.15) is 56.1 Å². The second kappa shape index (κ2) is 5.61. The van der Waals surface area contributed by atoms with E-state index >= 15 is 0 Å². The summed E-state index contributed by atoms with van der Waals surface area (Å²) in [4.78, 5) is 4.49. The average molecular weight is 280 g/mol. The molecule has 0 aliphatic heterocycles. The molecule has 1 aliphatic rings. The zero-order valence-corrected chi connectivity index (χ0v) is 13.1. The van der Waals surface area contributed by atoms with Crippen LogP contribution in [-0.4, -0.2) is 4.98 Å². The topological polar surface area (TPSA) is 24.9 Å². The first-order valence-corrected chi connectivity index (χ1v) is 7.83. The van der Waals surface area contributed by atoms with Gasteiger partial charge in [-0.25, -0.2) is 0 Å². The van der Waals surface area contributed by atoms with Crippen LogP contribution in [0.2, 0.25) is 0 Å². The van der Waals surface area contributed by atoms with Gasteiger partial charge < -0.3 is 5.32 Å². The van der Waals surface area contributed by atoms with Crippen LogP contribution in [0.5, 0.6) is 0 Å². The molecule has 3 rings (SSSR count). The number of aromatic nitrogens is 1. The molecule has 1 aromatic heterocycles. The van der Waals surface area contributed by atoms with Gasteiger partial charge >= 0.3 is 0 Å². The van der Waals surface area contributed by atoms with Crippen molar-refractivity contribution in [1.82, 2.24) is 10.3 Å². The molecule has 1 N–H and O–H groups in total. The van der Waals surface area contributed by atoms with Crippen LogP contribution in [0.25, 0.3) is 0 Å². The summed E-state index contributed by atoms with van der Waals surface area (Å²) in [5.41, 5.74) is 4.31. The van der Waals surface area contributed by atoms with Gasteiger partial charge in [-0.1, -0.05) is 44.2 Å². The fourth-order valence-electron chi connectivity index (χ4n) is 3.35. The summed E-state index contributed by atoms with van der Waals surface area (Å²) in [6, 6.07) is 15.6. The van der Waals surface area contributed by atoms with Gasteiger partial charge in [0, 0.05) is 18.3 Å². The van der Waals surface area contributed by atoms with E-state index < -0.39 is 0 Å². The van der Waals surface area contributed by atoms with Crippen molar-refractivity contribution in [3.05, 3.63) is 65.5 Å². The third kappa shape index (κ3) is 2.86. The first-order valence-electron chi connectivity index (χ1n) is 7.83. The highest BCUT2D eigenvalue weighted by Crippen LogP contribution is 2.44. The van der Waals surface area contributed by atoms with Crippen LogP contribution >= 0.6 is 0 Å². The Labute approximate surface area is 127 Å². The van der Waals surface area contributed by atoms with E-state index in [9.17, 15) is 0 Å². The summed E-state index contributed by atoms with van der Waals surface area (Å²) in [6.45, 7) is 6.94. The fraction of sp³-hybridized carbons (Fsp3) is 0.421. The summed E-state index contributed by atoms with van der Waals surface area (Å²) in [5, 5.41) is 3.82. The Morgan fingerprint density at radius 2 is 1.90 bits per heavy atom. The summed E-state index contributed by atoms with van der Waals surface area (Å²) in [5.74, 6) is 0. The van der Waals surface area contributed by atoms with Crippen molar-refractivity contribution in [2.75, 3.05) is 0 Å². The Morgan fingerprint density at radius 1 is 1.14 bits per heavy atom. The third-order valence-corrected chi connectivity index (χ3v) is 4.73. The first kappa shape index (κ1) is 14.3. The maximum Gasteiger partial charge on any atom is 0.0570 e. The largest absolute Gasteiger partial charge is 0.301 e. The molecule has 1 aliphatic carbocycles. The number of nitrogens with one attached hydrogen (secondary N) is 1. The van der Waals surface area contributed by atoms with E-state index in [1.165, 1.54) is 24.0 Å². The molecule has 21 heavy (non-hydrogen) atoms. The molecule has 1 heterocycles. The molecule has 2 aromatic rings. The Hall–Kier alpha value is -1.67. The van der Waals surface area contributed by atoms with Crippen molar-refractivity contribution in [1.29, 1.82) is 0 Å². The van der Waals surface area contributed by atoms with Gasteiger partial charge in [0.25, 0.3) is 0 Å². The lowest BCUT2D eigenvalue weighted by atomic mass is 9.70. The normalized spacial score (nSPS) is 21.6. The van der Waals surface area contributed by atoms with Crippen molar-refractivity contribution in [2.45, 2.75) is 45.7 Å². The summed E-state index contributed by atoms with van der Waals surface area (Å²) >= 11 is 0. The average Bonchev–Trinajstić information content (AvgIpc) is 2.51. The lowest BCUT2D eigenvalue weighted by Crippen LogP contribution is -2.39. The number of hydrogen-bond acceptors (Lipinski definition) is 2. The molecule has 0 bridgehead atoms. The highest BCUT2D eigenvalue weighted by atomic mass is 15.0. The van der Waals surface area contributed by atoms with Crippen molar-refractivity contribution < 1.29 is 0 Å². The lowest BCUT2D eigenvalue weighted by molar-refractivity contribution is 0.195. The van der Waals surface area contributed by atoms with Gasteiger partial charge in [0.15, 0.2) is 0 Å². The van der Waals surface area contributed by atoms with Crippen LogP contribution in [0.3, 0.4) is 0 Å². The summed E-state index contributed by atoms with van der Waals surface area (Å²) < 4.78 is 0. The molecular formula is C19H24N2. The highest BCUT2D eigenvalue weighted by molar-refractivity contribution is 5.34. The summed E-state index contributed by atoms with van der Waals surface area (Å²) in [6.07, 6.45) is 4.27. The fourth-order valence-corrected chi connectivity index (χ4v) is 3.35. The number of benzene rings is 1. The molecule has 2 atom stereocenters. The van der Waals surface area contributed by atoms with Gasteiger partial charge in [-0.2, -0.15) is 0 Å². The molecule has 0 fully saturated rings. The minimum Gasteiger partial charge on any atom is -0.301 e. The standard InChI is InChI=1S/C19H24N2/c1-14(17-10-6-7-13-20-17)21-18-16-9-5-4-8-15(16)11-12-19(18,2)3/h4-10,13-14,18,21H,11-12H2,1-3H3/t14-,18?/m0/s1. The Kier molecular flexibility index (Phi) is 3.81. The molecular weight excluding hydrogens is 256 g/mol. The number of fused-ring (bicyclic) bond motifs is 1. The van der Waals surface area contributed by atoms with Gasteiger partial charge in [0.2, 0.25) is 0 Å². The number of pyridine rings is 1. The first-order chi connectivity index (χ1) is 10.1. The van der Waals surface area contributed by atoms with Crippen LogP contribution in [-0.2, 0) is 6.42 Å². The van der Waals surface area contributed by atoms with Crippen molar-refractivity contribution in [2.24, 2.45) is 5.41 Å². The maximum absolute atomic E-state index is 4.49. The zero-order chi connectivity index (χ0) is 14.9. The molecule has 1 aromatic carbocycles. The summed E-state index contributed by atoms with van der Waals surface area (Å²) in [7, 11) is 0. The van der Waals surface area contributed by atoms with Gasteiger partial charge in [-0.15, -0.1) is 0 Å². The minimum atomic E-state index is 0.252. The molecule has 0 saturated carbocycles. The smallest absolute Gasteiger partial charge is 0.0570 e. The molecule has 0 spiro atoms. The van der Waals surface area contributed by atoms with Crippen LogP contribution < -0.4 is 5.32 Å². The van der Waals surface area contributed by atoms with Gasteiger partial charge in [-0.3, -0.25) is 4.98 Å². The molecule has 110 valence electrons. The second-order valence-corrected chi connectivity index (χ2v) is 6.76. The van der Waals surface area contributed by atoms with Crippen molar-refractivity contribution in [3.8, 4) is 0 Å². The van der Waals surface area contributed by atoms with Gasteiger partial charge in [0.05, 0.1) is 5.69 Å². The number of nitrogens with zero attached hydrogens (tertiary/aromatic N) is 1. The quantitative estimate of drug-likeness (QED) is 0.898. The maximum atomic E-state index is 4.49. The molecule has 0 amide bonds. The predicted octanol–water partition coefficient (Wildman–Crippen LogP) is 4.45. The van der Waals surface area contributed by atoms with E-state index in [2.05, 4.69) is 67.5 Å². The van der Waals surface area contributed by atoms with E-state index in [4.69, 9.17) is 0 Å². The molecule has 0 saturated heterocycles. The Balaban J connectivity index is 1.89. The van der Waals surface area contributed by atoms with E-state index in [0.29, 0.717) is 6.04 Å². The van der Waals surface area contributed by atoms with Crippen LogP contribution in [0.15, 0.2) is 48.7 Å². The van der Waals surface area contributed by atoms with E-state index in [1.54, 1.807) is 0 Å². The van der Waals surface area contributed by atoms with Crippen molar-refractivity contribution in [3.63, 3.8) is 0 Å². The second-order valence-electron chi connectivity index (χ2n) is 6.76. The zero-order valence-electron chi connectivity index (χ0n) is 13.1. The van der Waals surface area contributed by atoms with Crippen molar-refractivity contribution >= 4 is 0 Å². The molecule has 2 heteroatoms. The number of aryl methyl sites for hydroxylation is 1. The lowest BCUT2D eigenvalue weighted by Gasteiger charge is -2.42. The Bertz CT molecular complexity index is 604. The molecule has 2 nitrogen and oxygen atoms in total. The highest BCUT2D eigenvalue weighted by Gasteiger charge is 2.36. The van der Waals surface area contributed by atoms with Gasteiger partial charge in [-0.05, 0) is 48.4 Å². The van der Waals surface area contributed by atoms with Crippen LogP contribution in [0, 0.1) is 5.41 Å². The monoisotopic (exact) mass is 280 g/mol. The minimum absolute atomic E-state index is 0.252. The van der Waals surface area contributed by atoms with Crippen LogP contribution in [0.4, 0.5) is 0 Å². The number of rotatable bonds is 3. The SMILES string of the molecule is C[C@H](NC1c2ccccc2CCC1(C)C)c1ccccn1. The van der Waals surface area contributed by atoms with E-state index in [0.717, 1.165) is 5.69 Å². The predicted molar refractivity (Wildman–Crippen MR) is 87.1 cm³/mol. The third-order valence-electron chi connectivity index (χ3n) is 4.73. The molecule has 0 radical (unpaired) electrons.